The molecule has 4 nitrogen and oxygen atoms in total. The second kappa shape index (κ2) is 5.05. The Kier molecular flexibility index (Phi) is 3.38. The number of benzene rings is 1. The standard InChI is InChI=1S/C15H14BrNO3/c16-10-3-4-11(15(19)20)13(7-10)17-14(18)12-6-8-1-2-9(12)5-8/h1-4,7-9,12H,5-6H2,(H,17,18)(H,19,20). The smallest absolute Gasteiger partial charge is 0.337 e. The first-order chi connectivity index (χ1) is 9.54. The topological polar surface area (TPSA) is 66.4 Å². The van der Waals surface area contributed by atoms with Crippen molar-refractivity contribution in [3.8, 4) is 0 Å². The van der Waals surface area contributed by atoms with Gasteiger partial charge in [0.25, 0.3) is 0 Å². The van der Waals surface area contributed by atoms with E-state index in [1.54, 1.807) is 12.1 Å². The molecule has 2 aliphatic rings. The van der Waals surface area contributed by atoms with Gasteiger partial charge in [-0.2, -0.15) is 0 Å². The Morgan fingerprint density at radius 3 is 2.65 bits per heavy atom. The van der Waals surface area contributed by atoms with E-state index in [9.17, 15) is 9.59 Å². The van der Waals surface area contributed by atoms with Crippen LogP contribution in [0.4, 0.5) is 5.69 Å². The van der Waals surface area contributed by atoms with Crippen molar-refractivity contribution in [2.24, 2.45) is 17.8 Å². The SMILES string of the molecule is O=C(O)c1ccc(Br)cc1NC(=O)C1CC2C=CC1C2. The number of anilines is 1. The summed E-state index contributed by atoms with van der Waals surface area (Å²) in [4.78, 5) is 23.5. The molecule has 1 aromatic rings. The number of aromatic carboxylic acids is 1. The van der Waals surface area contributed by atoms with Gasteiger partial charge in [0.15, 0.2) is 0 Å². The van der Waals surface area contributed by atoms with Gasteiger partial charge in [-0.1, -0.05) is 28.1 Å². The molecule has 0 radical (unpaired) electrons. The second-order valence-corrected chi connectivity index (χ2v) is 6.29. The van der Waals surface area contributed by atoms with Gasteiger partial charge in [0, 0.05) is 10.4 Å². The van der Waals surface area contributed by atoms with Gasteiger partial charge in [-0.25, -0.2) is 4.79 Å². The molecule has 2 aliphatic carbocycles. The first kappa shape index (κ1) is 13.4. The number of halogens is 1. The summed E-state index contributed by atoms with van der Waals surface area (Å²) in [6.07, 6.45) is 6.19. The summed E-state index contributed by atoms with van der Waals surface area (Å²) in [5, 5.41) is 11.9. The Labute approximate surface area is 125 Å². The third-order valence-corrected chi connectivity index (χ3v) is 4.58. The van der Waals surface area contributed by atoms with Gasteiger partial charge in [-0.3, -0.25) is 4.79 Å². The van der Waals surface area contributed by atoms with Crippen LogP contribution in [0.2, 0.25) is 0 Å². The zero-order valence-corrected chi connectivity index (χ0v) is 12.3. The van der Waals surface area contributed by atoms with Gasteiger partial charge < -0.3 is 10.4 Å². The van der Waals surface area contributed by atoms with E-state index >= 15 is 0 Å². The number of carboxylic acid groups (broad SMARTS) is 1. The molecule has 0 aliphatic heterocycles. The number of hydrogen-bond acceptors (Lipinski definition) is 2. The fourth-order valence-electron chi connectivity index (χ4n) is 3.11. The molecule has 104 valence electrons. The molecule has 0 aromatic heterocycles. The van der Waals surface area contributed by atoms with E-state index in [-0.39, 0.29) is 17.4 Å². The molecular weight excluding hydrogens is 322 g/mol. The zero-order chi connectivity index (χ0) is 14.3. The number of carbonyl (C=O) groups is 2. The van der Waals surface area contributed by atoms with Crippen molar-refractivity contribution in [2.75, 3.05) is 5.32 Å². The largest absolute Gasteiger partial charge is 0.478 e. The number of carbonyl (C=O) groups excluding carboxylic acids is 1. The number of hydrogen-bond donors (Lipinski definition) is 2. The maximum absolute atomic E-state index is 12.3. The van der Waals surface area contributed by atoms with Crippen molar-refractivity contribution in [1.82, 2.24) is 0 Å². The van der Waals surface area contributed by atoms with Gasteiger partial charge in [-0.15, -0.1) is 0 Å². The molecule has 3 atom stereocenters. The van der Waals surface area contributed by atoms with Crippen LogP contribution in [0, 0.1) is 17.8 Å². The summed E-state index contributed by atoms with van der Waals surface area (Å²) in [7, 11) is 0. The van der Waals surface area contributed by atoms with E-state index in [0.717, 1.165) is 17.3 Å². The Hall–Kier alpha value is -1.62. The summed E-state index contributed by atoms with van der Waals surface area (Å²) in [5.41, 5.74) is 0.462. The van der Waals surface area contributed by atoms with Crippen molar-refractivity contribution in [2.45, 2.75) is 12.8 Å². The maximum Gasteiger partial charge on any atom is 0.337 e. The van der Waals surface area contributed by atoms with Crippen LogP contribution in [0.1, 0.15) is 23.2 Å². The normalized spacial score (nSPS) is 26.8. The molecule has 2 bridgehead atoms. The molecule has 3 unspecified atom stereocenters. The van der Waals surface area contributed by atoms with Gasteiger partial charge in [0.05, 0.1) is 11.3 Å². The lowest BCUT2D eigenvalue weighted by Crippen LogP contribution is -2.26. The van der Waals surface area contributed by atoms with E-state index in [1.165, 1.54) is 6.07 Å². The Bertz CT molecular complexity index is 611. The van der Waals surface area contributed by atoms with Crippen LogP contribution in [-0.4, -0.2) is 17.0 Å². The minimum atomic E-state index is -1.04. The van der Waals surface area contributed by atoms with Crippen molar-refractivity contribution in [3.63, 3.8) is 0 Å². The molecule has 3 rings (SSSR count). The van der Waals surface area contributed by atoms with Crippen molar-refractivity contribution < 1.29 is 14.7 Å². The highest BCUT2D eigenvalue weighted by Crippen LogP contribution is 2.43. The summed E-state index contributed by atoms with van der Waals surface area (Å²) < 4.78 is 0.741. The lowest BCUT2D eigenvalue weighted by Gasteiger charge is -2.18. The first-order valence-electron chi connectivity index (χ1n) is 6.56. The predicted octanol–water partition coefficient (Wildman–Crippen LogP) is 3.30. The molecule has 5 heteroatoms. The maximum atomic E-state index is 12.3. The van der Waals surface area contributed by atoms with Crippen LogP contribution < -0.4 is 5.32 Å². The minimum Gasteiger partial charge on any atom is -0.478 e. The Morgan fingerprint density at radius 2 is 2.05 bits per heavy atom. The molecule has 1 fully saturated rings. The number of amides is 1. The molecule has 1 amide bonds. The number of rotatable bonds is 3. The third-order valence-electron chi connectivity index (χ3n) is 4.09. The van der Waals surface area contributed by atoms with Crippen LogP contribution in [-0.2, 0) is 4.79 Å². The number of allylic oxidation sites excluding steroid dienone is 2. The lowest BCUT2D eigenvalue weighted by atomic mass is 9.92. The van der Waals surface area contributed by atoms with Gasteiger partial charge >= 0.3 is 5.97 Å². The quantitative estimate of drug-likeness (QED) is 0.833. The molecule has 20 heavy (non-hydrogen) atoms. The van der Waals surface area contributed by atoms with Gasteiger partial charge in [0.1, 0.15) is 0 Å². The molecular formula is C15H14BrNO3. The number of nitrogens with one attached hydrogen (secondary N) is 1. The second-order valence-electron chi connectivity index (χ2n) is 5.37. The molecule has 0 spiro atoms. The fourth-order valence-corrected chi connectivity index (χ4v) is 3.48. The summed E-state index contributed by atoms with van der Waals surface area (Å²) in [6, 6.07) is 4.77. The first-order valence-corrected chi connectivity index (χ1v) is 7.36. The number of fused-ring (bicyclic) bond motifs is 2. The fraction of sp³-hybridized carbons (Fsp3) is 0.333. The molecule has 2 N–H and O–H groups in total. The van der Waals surface area contributed by atoms with Crippen molar-refractivity contribution >= 4 is 33.5 Å². The van der Waals surface area contributed by atoms with Crippen LogP contribution in [0.3, 0.4) is 0 Å². The highest BCUT2D eigenvalue weighted by Gasteiger charge is 2.39. The number of carboxylic acids is 1. The summed E-state index contributed by atoms with van der Waals surface area (Å²) in [6.45, 7) is 0. The van der Waals surface area contributed by atoms with Crippen LogP contribution >= 0.6 is 15.9 Å². The van der Waals surface area contributed by atoms with Gasteiger partial charge in [0.2, 0.25) is 5.91 Å². The Balaban J connectivity index is 1.81. The zero-order valence-electron chi connectivity index (χ0n) is 10.7. The van der Waals surface area contributed by atoms with E-state index in [1.807, 2.05) is 0 Å². The van der Waals surface area contributed by atoms with E-state index < -0.39 is 5.97 Å². The van der Waals surface area contributed by atoms with Gasteiger partial charge in [-0.05, 0) is 42.9 Å². The molecule has 1 aromatic carbocycles. The minimum absolute atomic E-state index is 0.0365. The highest BCUT2D eigenvalue weighted by molar-refractivity contribution is 9.10. The monoisotopic (exact) mass is 335 g/mol. The van der Waals surface area contributed by atoms with Crippen molar-refractivity contribution in [3.05, 3.63) is 40.4 Å². The molecule has 0 heterocycles. The Morgan fingerprint density at radius 1 is 1.25 bits per heavy atom. The summed E-state index contributed by atoms with van der Waals surface area (Å²) >= 11 is 3.30. The van der Waals surface area contributed by atoms with Crippen LogP contribution in [0.5, 0.6) is 0 Å². The van der Waals surface area contributed by atoms with E-state index in [0.29, 0.717) is 17.5 Å². The van der Waals surface area contributed by atoms with Crippen molar-refractivity contribution in [1.29, 1.82) is 0 Å². The summed E-state index contributed by atoms with van der Waals surface area (Å²) in [5.74, 6) is -0.341. The third kappa shape index (κ3) is 2.38. The average Bonchev–Trinajstić information content (AvgIpc) is 3.00. The lowest BCUT2D eigenvalue weighted by molar-refractivity contribution is -0.120. The molecule has 1 saturated carbocycles. The van der Waals surface area contributed by atoms with E-state index in [2.05, 4.69) is 33.4 Å². The van der Waals surface area contributed by atoms with E-state index in [4.69, 9.17) is 5.11 Å². The van der Waals surface area contributed by atoms with Crippen LogP contribution in [0.15, 0.2) is 34.8 Å². The van der Waals surface area contributed by atoms with Crippen LogP contribution in [0.25, 0.3) is 0 Å². The average molecular weight is 336 g/mol. The predicted molar refractivity (Wildman–Crippen MR) is 78.6 cm³/mol. The highest BCUT2D eigenvalue weighted by atomic mass is 79.9. The molecule has 0 saturated heterocycles.